The molecule has 0 heterocycles. The van der Waals surface area contributed by atoms with Crippen LogP contribution in [-0.2, 0) is 0 Å². The average molecular weight is 276 g/mol. The molecule has 80 valence electrons. The molecule has 0 N–H and O–H groups in total. The van der Waals surface area contributed by atoms with Crippen molar-refractivity contribution in [3.63, 3.8) is 0 Å². The zero-order valence-corrected chi connectivity index (χ0v) is 9.16. The fraction of sp³-hybridized carbons (Fsp3) is 0.222. The van der Waals surface area contributed by atoms with Crippen LogP contribution in [0.4, 0.5) is 10.1 Å². The highest BCUT2D eigenvalue weighted by atomic mass is 79.9. The Morgan fingerprint density at radius 1 is 1.53 bits per heavy atom. The summed E-state index contributed by atoms with van der Waals surface area (Å²) in [4.78, 5) is 21.2. The van der Waals surface area contributed by atoms with Gasteiger partial charge in [0.15, 0.2) is 5.78 Å². The Hall–Kier alpha value is -1.30. The summed E-state index contributed by atoms with van der Waals surface area (Å²) in [5, 5.41) is 10.9. The van der Waals surface area contributed by atoms with E-state index in [1.54, 1.807) is 0 Å². The molecule has 4 nitrogen and oxygen atoms in total. The second-order valence-electron chi connectivity index (χ2n) is 2.75. The molecule has 1 aromatic rings. The van der Waals surface area contributed by atoms with Crippen LogP contribution in [0.2, 0.25) is 0 Å². The standard InChI is InChI=1S/C9H7BrFNO3/c10-5-4-8(13)9-6(11)2-1-3-7(9)12(14)15/h1-3H,4-5H2. The van der Waals surface area contributed by atoms with Gasteiger partial charge >= 0.3 is 0 Å². The summed E-state index contributed by atoms with van der Waals surface area (Å²) in [6.07, 6.45) is 0.0295. The van der Waals surface area contributed by atoms with Gasteiger partial charge in [-0.2, -0.15) is 0 Å². The lowest BCUT2D eigenvalue weighted by Gasteiger charge is -2.01. The van der Waals surface area contributed by atoms with Gasteiger partial charge in [0.25, 0.3) is 5.69 Å². The van der Waals surface area contributed by atoms with Gasteiger partial charge < -0.3 is 0 Å². The van der Waals surface area contributed by atoms with Gasteiger partial charge in [-0.05, 0) is 6.07 Å². The minimum Gasteiger partial charge on any atom is -0.294 e. The molecule has 0 bridgehead atoms. The Kier molecular flexibility index (Phi) is 3.90. The molecule has 0 saturated heterocycles. The van der Waals surface area contributed by atoms with Gasteiger partial charge in [-0.1, -0.05) is 22.0 Å². The highest BCUT2D eigenvalue weighted by Gasteiger charge is 2.23. The van der Waals surface area contributed by atoms with Crippen molar-refractivity contribution in [1.82, 2.24) is 0 Å². The summed E-state index contributed by atoms with van der Waals surface area (Å²) >= 11 is 3.02. The lowest BCUT2D eigenvalue weighted by Crippen LogP contribution is -2.07. The van der Waals surface area contributed by atoms with Gasteiger partial charge in [0.1, 0.15) is 11.4 Å². The molecule has 0 aliphatic rings. The van der Waals surface area contributed by atoms with Gasteiger partial charge in [-0.3, -0.25) is 14.9 Å². The number of hydrogen-bond donors (Lipinski definition) is 0. The first kappa shape index (κ1) is 11.8. The summed E-state index contributed by atoms with van der Waals surface area (Å²) in [6, 6.07) is 3.36. The number of carbonyl (C=O) groups excluding carboxylic acids is 1. The summed E-state index contributed by atoms with van der Waals surface area (Å²) in [7, 11) is 0. The number of alkyl halides is 1. The van der Waals surface area contributed by atoms with E-state index in [1.807, 2.05) is 0 Å². The van der Waals surface area contributed by atoms with E-state index < -0.39 is 27.8 Å². The van der Waals surface area contributed by atoms with Crippen molar-refractivity contribution < 1.29 is 14.1 Å². The van der Waals surface area contributed by atoms with Crippen LogP contribution in [0.1, 0.15) is 16.8 Å². The molecular weight excluding hydrogens is 269 g/mol. The van der Waals surface area contributed by atoms with Crippen molar-refractivity contribution in [1.29, 1.82) is 0 Å². The van der Waals surface area contributed by atoms with Crippen LogP contribution in [0.25, 0.3) is 0 Å². The van der Waals surface area contributed by atoms with E-state index in [4.69, 9.17) is 0 Å². The van der Waals surface area contributed by atoms with Crippen molar-refractivity contribution in [2.75, 3.05) is 5.33 Å². The molecule has 0 saturated carbocycles. The van der Waals surface area contributed by atoms with E-state index >= 15 is 0 Å². The van der Waals surface area contributed by atoms with Crippen LogP contribution in [-0.4, -0.2) is 16.0 Å². The number of nitrogens with zero attached hydrogens (tertiary/aromatic N) is 1. The lowest BCUT2D eigenvalue weighted by molar-refractivity contribution is -0.385. The Bertz CT molecular complexity index is 408. The summed E-state index contributed by atoms with van der Waals surface area (Å²) < 4.78 is 13.2. The monoisotopic (exact) mass is 275 g/mol. The smallest absolute Gasteiger partial charge is 0.283 e. The molecule has 1 rings (SSSR count). The molecule has 1 aromatic carbocycles. The number of carbonyl (C=O) groups is 1. The fourth-order valence-corrected chi connectivity index (χ4v) is 1.51. The van der Waals surface area contributed by atoms with Crippen LogP contribution in [0, 0.1) is 15.9 Å². The number of nitro benzene ring substituents is 1. The molecule has 0 atom stereocenters. The van der Waals surface area contributed by atoms with Crippen LogP contribution in [0.3, 0.4) is 0 Å². The van der Waals surface area contributed by atoms with Gasteiger partial charge in [-0.15, -0.1) is 0 Å². The second kappa shape index (κ2) is 4.97. The van der Waals surface area contributed by atoms with Crippen LogP contribution in [0.5, 0.6) is 0 Å². The summed E-state index contributed by atoms with van der Waals surface area (Å²) in [6.45, 7) is 0. The van der Waals surface area contributed by atoms with E-state index in [0.29, 0.717) is 5.33 Å². The molecular formula is C9H7BrFNO3. The first-order valence-corrected chi connectivity index (χ1v) is 5.22. The van der Waals surface area contributed by atoms with E-state index in [0.717, 1.165) is 12.1 Å². The maximum Gasteiger partial charge on any atom is 0.283 e. The fourth-order valence-electron chi connectivity index (χ4n) is 1.15. The third kappa shape index (κ3) is 2.59. The Morgan fingerprint density at radius 2 is 2.20 bits per heavy atom. The molecule has 0 amide bonds. The first-order chi connectivity index (χ1) is 7.07. The van der Waals surface area contributed by atoms with Crippen molar-refractivity contribution in [3.05, 3.63) is 39.7 Å². The Morgan fingerprint density at radius 3 is 2.73 bits per heavy atom. The van der Waals surface area contributed by atoms with Gasteiger partial charge in [-0.25, -0.2) is 4.39 Å². The lowest BCUT2D eigenvalue weighted by atomic mass is 10.1. The molecule has 0 fully saturated rings. The number of benzene rings is 1. The number of ketones is 1. The minimum atomic E-state index is -0.852. The maximum atomic E-state index is 13.2. The van der Waals surface area contributed by atoms with Crippen LogP contribution >= 0.6 is 15.9 Å². The molecule has 0 aliphatic carbocycles. The highest BCUT2D eigenvalue weighted by Crippen LogP contribution is 2.22. The number of rotatable bonds is 4. The van der Waals surface area contributed by atoms with E-state index in [9.17, 15) is 19.3 Å². The number of nitro groups is 1. The number of hydrogen-bond acceptors (Lipinski definition) is 3. The quantitative estimate of drug-likeness (QED) is 0.367. The maximum absolute atomic E-state index is 13.2. The summed E-state index contributed by atoms with van der Waals surface area (Å²) in [5.41, 5.74) is -0.928. The number of halogens is 2. The highest BCUT2D eigenvalue weighted by molar-refractivity contribution is 9.09. The molecule has 0 radical (unpaired) electrons. The van der Waals surface area contributed by atoms with Gasteiger partial charge in [0.2, 0.25) is 0 Å². The molecule has 0 aliphatic heterocycles. The van der Waals surface area contributed by atoms with Crippen molar-refractivity contribution in [2.24, 2.45) is 0 Å². The topological polar surface area (TPSA) is 60.2 Å². The molecule has 0 aromatic heterocycles. The normalized spacial score (nSPS) is 10.0. The predicted octanol–water partition coefficient (Wildman–Crippen LogP) is 2.70. The zero-order chi connectivity index (χ0) is 11.4. The first-order valence-electron chi connectivity index (χ1n) is 4.10. The van der Waals surface area contributed by atoms with E-state index in [-0.39, 0.29) is 6.42 Å². The Balaban J connectivity index is 3.24. The van der Waals surface area contributed by atoms with Crippen molar-refractivity contribution in [3.8, 4) is 0 Å². The van der Waals surface area contributed by atoms with Gasteiger partial charge in [0, 0.05) is 17.8 Å². The molecule has 0 unspecified atom stereocenters. The Labute approximate surface area is 93.4 Å². The number of Topliss-reactive ketones (excluding diaryl/α,β-unsaturated/α-hetero) is 1. The SMILES string of the molecule is O=C(CCBr)c1c(F)cccc1[N+](=O)[O-]. The largest absolute Gasteiger partial charge is 0.294 e. The predicted molar refractivity (Wildman–Crippen MR) is 55.8 cm³/mol. The second-order valence-corrected chi connectivity index (χ2v) is 3.55. The van der Waals surface area contributed by atoms with Crippen LogP contribution < -0.4 is 0 Å². The van der Waals surface area contributed by atoms with Crippen LogP contribution in [0.15, 0.2) is 18.2 Å². The van der Waals surface area contributed by atoms with E-state index in [2.05, 4.69) is 15.9 Å². The average Bonchev–Trinajstić information content (AvgIpc) is 2.17. The van der Waals surface area contributed by atoms with E-state index in [1.165, 1.54) is 6.07 Å². The third-order valence-corrected chi connectivity index (χ3v) is 2.19. The molecule has 15 heavy (non-hydrogen) atoms. The zero-order valence-electron chi connectivity index (χ0n) is 7.57. The van der Waals surface area contributed by atoms with Crippen molar-refractivity contribution in [2.45, 2.75) is 6.42 Å². The molecule has 0 spiro atoms. The van der Waals surface area contributed by atoms with Crippen molar-refractivity contribution >= 4 is 27.4 Å². The summed E-state index contributed by atoms with van der Waals surface area (Å²) in [5.74, 6) is -1.42. The third-order valence-electron chi connectivity index (χ3n) is 1.79. The van der Waals surface area contributed by atoms with Gasteiger partial charge in [0.05, 0.1) is 4.92 Å². The molecule has 6 heteroatoms. The minimum absolute atomic E-state index is 0.0295.